The Labute approximate surface area is 108 Å². The van der Waals surface area contributed by atoms with Crippen molar-refractivity contribution in [2.45, 2.75) is 0 Å². The summed E-state index contributed by atoms with van der Waals surface area (Å²) >= 11 is 3.59. The van der Waals surface area contributed by atoms with E-state index in [9.17, 15) is 0 Å². The molecule has 3 rings (SSSR count). The van der Waals surface area contributed by atoms with Gasteiger partial charge < -0.3 is 9.72 Å². The van der Waals surface area contributed by atoms with E-state index in [1.165, 1.54) is 0 Å². The van der Waals surface area contributed by atoms with E-state index < -0.39 is 0 Å². The summed E-state index contributed by atoms with van der Waals surface area (Å²) in [5, 5.41) is 2.24. The summed E-state index contributed by atoms with van der Waals surface area (Å²) in [5.41, 5.74) is 3.11. The lowest BCUT2D eigenvalue weighted by atomic mass is 9.97. The fraction of sp³-hybridized carbons (Fsp3) is 0.0833. The summed E-state index contributed by atoms with van der Waals surface area (Å²) in [6.45, 7) is 0. The number of aromatic amines is 1. The molecule has 0 saturated heterocycles. The Morgan fingerprint density at radius 3 is 3.00 bits per heavy atom. The SMILES string of the molecule is Bc1cnc2[nH]c3ccc(OC)c(Br)c3c2c1. The number of fused-ring (bicyclic) bond motifs is 3. The average molecular weight is 289 g/mol. The van der Waals surface area contributed by atoms with Crippen LogP contribution in [0, 0.1) is 0 Å². The van der Waals surface area contributed by atoms with Gasteiger partial charge in [0, 0.05) is 22.5 Å². The van der Waals surface area contributed by atoms with Crippen LogP contribution in [0.3, 0.4) is 0 Å². The van der Waals surface area contributed by atoms with Crippen LogP contribution in [0.5, 0.6) is 5.75 Å². The minimum absolute atomic E-state index is 0.833. The maximum Gasteiger partial charge on any atom is 0.141 e. The van der Waals surface area contributed by atoms with E-state index in [0.29, 0.717) is 0 Å². The van der Waals surface area contributed by atoms with E-state index in [1.54, 1.807) is 7.11 Å². The van der Waals surface area contributed by atoms with Crippen molar-refractivity contribution in [3.63, 3.8) is 0 Å². The lowest BCUT2D eigenvalue weighted by Gasteiger charge is -2.03. The highest BCUT2D eigenvalue weighted by molar-refractivity contribution is 9.10. The summed E-state index contributed by atoms with van der Waals surface area (Å²) in [4.78, 5) is 7.70. The molecule has 0 bridgehead atoms. The second kappa shape index (κ2) is 3.77. The number of methoxy groups -OCH3 is 1. The molecule has 0 spiro atoms. The molecule has 1 aromatic carbocycles. The maximum atomic E-state index is 5.32. The number of benzene rings is 1. The van der Waals surface area contributed by atoms with Crippen molar-refractivity contribution in [2.75, 3.05) is 7.11 Å². The molecule has 0 radical (unpaired) electrons. The third-order valence-electron chi connectivity index (χ3n) is 2.87. The molecule has 0 fully saturated rings. The Bertz CT molecular complexity index is 723. The molecular weight excluding hydrogens is 279 g/mol. The van der Waals surface area contributed by atoms with Gasteiger partial charge in [0.2, 0.25) is 0 Å². The van der Waals surface area contributed by atoms with Crippen LogP contribution in [0.25, 0.3) is 21.9 Å². The average Bonchev–Trinajstić information content (AvgIpc) is 2.68. The third kappa shape index (κ3) is 1.53. The fourth-order valence-corrected chi connectivity index (χ4v) is 2.79. The molecule has 3 aromatic rings. The van der Waals surface area contributed by atoms with Crippen molar-refractivity contribution in [1.82, 2.24) is 9.97 Å². The number of ether oxygens (including phenoxy) is 1. The monoisotopic (exact) mass is 288 g/mol. The number of pyridine rings is 1. The summed E-state index contributed by atoms with van der Waals surface area (Å²) < 4.78 is 6.29. The van der Waals surface area contributed by atoms with E-state index >= 15 is 0 Å². The van der Waals surface area contributed by atoms with E-state index in [2.05, 4.69) is 32.0 Å². The first kappa shape index (κ1) is 10.7. The lowest BCUT2D eigenvalue weighted by Crippen LogP contribution is -2.01. The van der Waals surface area contributed by atoms with Gasteiger partial charge in [-0.1, -0.05) is 11.5 Å². The molecule has 0 saturated carbocycles. The molecule has 17 heavy (non-hydrogen) atoms. The number of hydrogen-bond acceptors (Lipinski definition) is 2. The lowest BCUT2D eigenvalue weighted by molar-refractivity contribution is 0.413. The minimum Gasteiger partial charge on any atom is -0.496 e. The zero-order valence-electron chi connectivity index (χ0n) is 9.54. The molecule has 0 unspecified atom stereocenters. The molecule has 0 aliphatic carbocycles. The van der Waals surface area contributed by atoms with Crippen LogP contribution in [-0.2, 0) is 0 Å². The first-order valence-electron chi connectivity index (χ1n) is 5.31. The van der Waals surface area contributed by atoms with Gasteiger partial charge >= 0.3 is 0 Å². The number of halogens is 1. The first-order chi connectivity index (χ1) is 8.20. The standard InChI is InChI=1S/C12H10BBrN2O/c1-17-9-3-2-8-10(11(9)14)7-4-6(13)5-15-12(7)16-8/h2-5H,13H2,1H3,(H,15,16). The Hall–Kier alpha value is -1.49. The van der Waals surface area contributed by atoms with Crippen LogP contribution >= 0.6 is 15.9 Å². The molecule has 5 heteroatoms. The van der Waals surface area contributed by atoms with Gasteiger partial charge in [-0.15, -0.1) is 0 Å². The van der Waals surface area contributed by atoms with Gasteiger partial charge in [-0.3, -0.25) is 0 Å². The summed E-state index contributed by atoms with van der Waals surface area (Å²) in [7, 11) is 3.71. The molecule has 2 heterocycles. The number of nitrogens with one attached hydrogen (secondary N) is 1. The smallest absolute Gasteiger partial charge is 0.141 e. The van der Waals surface area contributed by atoms with Crippen molar-refractivity contribution in [3.8, 4) is 5.75 Å². The third-order valence-corrected chi connectivity index (χ3v) is 3.66. The normalized spacial score (nSPS) is 11.2. The maximum absolute atomic E-state index is 5.32. The number of rotatable bonds is 1. The van der Waals surface area contributed by atoms with Gasteiger partial charge in [0.15, 0.2) is 0 Å². The second-order valence-corrected chi connectivity index (χ2v) is 4.83. The van der Waals surface area contributed by atoms with Crippen molar-refractivity contribution < 1.29 is 4.74 Å². The number of H-pyrrole nitrogens is 1. The minimum atomic E-state index is 0.833. The van der Waals surface area contributed by atoms with E-state index in [0.717, 1.165) is 37.6 Å². The van der Waals surface area contributed by atoms with Gasteiger partial charge in [-0.2, -0.15) is 0 Å². The van der Waals surface area contributed by atoms with E-state index in [1.807, 2.05) is 26.2 Å². The molecule has 0 aliphatic heterocycles. The summed E-state index contributed by atoms with van der Waals surface area (Å²) in [6.07, 6.45) is 1.86. The highest BCUT2D eigenvalue weighted by Crippen LogP contribution is 2.36. The van der Waals surface area contributed by atoms with Crippen molar-refractivity contribution >= 4 is 51.2 Å². The van der Waals surface area contributed by atoms with Crippen molar-refractivity contribution in [2.24, 2.45) is 0 Å². The predicted octanol–water partition coefficient (Wildman–Crippen LogP) is 1.75. The highest BCUT2D eigenvalue weighted by Gasteiger charge is 2.12. The molecule has 2 aromatic heterocycles. The van der Waals surface area contributed by atoms with Crippen LogP contribution < -0.4 is 10.2 Å². The Morgan fingerprint density at radius 2 is 2.24 bits per heavy atom. The molecule has 0 aliphatic rings. The predicted molar refractivity (Wildman–Crippen MR) is 76.0 cm³/mol. The molecule has 1 N–H and O–H groups in total. The zero-order chi connectivity index (χ0) is 12.0. The van der Waals surface area contributed by atoms with Crippen LogP contribution in [0.1, 0.15) is 0 Å². The number of nitrogens with zero attached hydrogens (tertiary/aromatic N) is 1. The largest absolute Gasteiger partial charge is 0.496 e. The zero-order valence-corrected chi connectivity index (χ0v) is 11.1. The van der Waals surface area contributed by atoms with Crippen molar-refractivity contribution in [1.29, 1.82) is 0 Å². The van der Waals surface area contributed by atoms with Crippen LogP contribution in [-0.4, -0.2) is 24.9 Å². The quantitative estimate of drug-likeness (QED) is 0.693. The summed E-state index contributed by atoms with van der Waals surface area (Å²) in [5.74, 6) is 0.833. The molecular formula is C12H10BBrN2O. The van der Waals surface area contributed by atoms with E-state index in [4.69, 9.17) is 4.74 Å². The number of aromatic nitrogens is 2. The molecule has 0 amide bonds. The highest BCUT2D eigenvalue weighted by atomic mass is 79.9. The van der Waals surface area contributed by atoms with Gasteiger partial charge in [0.05, 0.1) is 11.6 Å². The van der Waals surface area contributed by atoms with Gasteiger partial charge in [0.25, 0.3) is 0 Å². The van der Waals surface area contributed by atoms with Crippen LogP contribution in [0.2, 0.25) is 0 Å². The fourth-order valence-electron chi connectivity index (χ4n) is 2.07. The van der Waals surface area contributed by atoms with E-state index in [-0.39, 0.29) is 0 Å². The first-order valence-corrected chi connectivity index (χ1v) is 6.10. The van der Waals surface area contributed by atoms with Gasteiger partial charge in [-0.25, -0.2) is 4.98 Å². The van der Waals surface area contributed by atoms with Crippen molar-refractivity contribution in [3.05, 3.63) is 28.9 Å². The molecule has 3 nitrogen and oxygen atoms in total. The second-order valence-electron chi connectivity index (χ2n) is 4.04. The Balaban J connectivity index is 2.52. The molecule has 0 atom stereocenters. The Kier molecular flexibility index (Phi) is 2.36. The van der Waals surface area contributed by atoms with Crippen LogP contribution in [0.15, 0.2) is 28.9 Å². The van der Waals surface area contributed by atoms with Gasteiger partial charge in [-0.05, 0) is 28.1 Å². The summed E-state index contributed by atoms with van der Waals surface area (Å²) in [6, 6.07) is 6.08. The number of hydrogen-bond donors (Lipinski definition) is 1. The molecule has 84 valence electrons. The topological polar surface area (TPSA) is 37.9 Å². The van der Waals surface area contributed by atoms with Crippen LogP contribution in [0.4, 0.5) is 0 Å². The Morgan fingerprint density at radius 1 is 1.41 bits per heavy atom. The van der Waals surface area contributed by atoms with Gasteiger partial charge in [0.1, 0.15) is 19.2 Å².